The van der Waals surface area contributed by atoms with Crippen LogP contribution in [0.15, 0.2) is 36.4 Å². The largest absolute Gasteiger partial charge is 0.496 e. The van der Waals surface area contributed by atoms with Crippen LogP contribution >= 0.6 is 0 Å². The van der Waals surface area contributed by atoms with Crippen molar-refractivity contribution in [1.29, 1.82) is 0 Å². The van der Waals surface area contributed by atoms with Gasteiger partial charge < -0.3 is 15.8 Å². The van der Waals surface area contributed by atoms with E-state index in [0.717, 1.165) is 0 Å². The Morgan fingerprint density at radius 3 is 2.72 bits per heavy atom. The second-order valence-corrected chi connectivity index (χ2v) is 5.34. The van der Waals surface area contributed by atoms with Crippen molar-refractivity contribution in [1.82, 2.24) is 15.5 Å². The summed E-state index contributed by atoms with van der Waals surface area (Å²) in [4.78, 5) is 12.0. The van der Waals surface area contributed by atoms with Crippen molar-refractivity contribution in [2.75, 3.05) is 19.4 Å². The molecule has 0 bridgehead atoms. The highest BCUT2D eigenvalue weighted by atomic mass is 19.1. The Kier molecular flexibility index (Phi) is 4.47. The fourth-order valence-electron chi connectivity index (χ4n) is 2.70. The number of hydrogen-bond donors (Lipinski definition) is 2. The molecule has 1 amide bonds. The molecular formula is C18H17FN4O2. The molecule has 128 valence electrons. The van der Waals surface area contributed by atoms with Gasteiger partial charge in [-0.1, -0.05) is 24.3 Å². The van der Waals surface area contributed by atoms with Gasteiger partial charge in [0, 0.05) is 17.5 Å². The maximum absolute atomic E-state index is 14.4. The maximum Gasteiger partial charge on any atom is 0.273 e. The minimum atomic E-state index is -0.444. The zero-order valence-corrected chi connectivity index (χ0v) is 13.8. The fraction of sp³-hybridized carbons (Fsp3) is 0.167. The van der Waals surface area contributed by atoms with Crippen molar-refractivity contribution in [2.24, 2.45) is 0 Å². The summed E-state index contributed by atoms with van der Waals surface area (Å²) in [7, 11) is 1.47. The number of fused-ring (bicyclic) bond motifs is 1. The lowest BCUT2D eigenvalue weighted by atomic mass is 9.99. The molecule has 0 unspecified atom stereocenters. The summed E-state index contributed by atoms with van der Waals surface area (Å²) < 4.78 is 19.7. The summed E-state index contributed by atoms with van der Waals surface area (Å²) in [5.41, 5.74) is 7.53. The van der Waals surface area contributed by atoms with Crippen LogP contribution in [-0.4, -0.2) is 29.8 Å². The van der Waals surface area contributed by atoms with Crippen molar-refractivity contribution in [3.8, 4) is 16.9 Å². The number of rotatable bonds is 4. The molecule has 0 radical (unpaired) electrons. The molecule has 1 aromatic heterocycles. The lowest BCUT2D eigenvalue weighted by molar-refractivity contribution is 0.0951. The quantitative estimate of drug-likeness (QED) is 0.762. The van der Waals surface area contributed by atoms with Crippen LogP contribution in [0.3, 0.4) is 0 Å². The maximum atomic E-state index is 14.4. The smallest absolute Gasteiger partial charge is 0.273 e. The third-order valence-corrected chi connectivity index (χ3v) is 3.85. The molecule has 0 fully saturated rings. The second-order valence-electron chi connectivity index (χ2n) is 5.34. The first-order valence-corrected chi connectivity index (χ1v) is 7.74. The van der Waals surface area contributed by atoms with Crippen LogP contribution in [0.25, 0.3) is 22.0 Å². The van der Waals surface area contributed by atoms with Crippen molar-refractivity contribution >= 4 is 22.5 Å². The molecule has 2 aromatic carbocycles. The van der Waals surface area contributed by atoms with E-state index >= 15 is 0 Å². The Morgan fingerprint density at radius 1 is 1.24 bits per heavy atom. The molecule has 1 heterocycles. The molecule has 0 atom stereocenters. The Hall–Kier alpha value is -3.22. The Balaban J connectivity index is 2.27. The summed E-state index contributed by atoms with van der Waals surface area (Å²) in [6, 6.07) is 9.73. The van der Waals surface area contributed by atoms with Gasteiger partial charge in [-0.3, -0.25) is 4.79 Å². The summed E-state index contributed by atoms with van der Waals surface area (Å²) >= 11 is 0. The van der Waals surface area contributed by atoms with Crippen molar-refractivity contribution in [2.45, 2.75) is 6.92 Å². The zero-order chi connectivity index (χ0) is 18.0. The Bertz CT molecular complexity index is 959. The lowest BCUT2D eigenvalue weighted by Crippen LogP contribution is -2.25. The van der Waals surface area contributed by atoms with Gasteiger partial charge in [0.1, 0.15) is 17.1 Å². The van der Waals surface area contributed by atoms with Gasteiger partial charge in [0.25, 0.3) is 5.91 Å². The van der Waals surface area contributed by atoms with Crippen molar-refractivity contribution < 1.29 is 13.9 Å². The molecule has 0 spiro atoms. The number of benzene rings is 2. The van der Waals surface area contributed by atoms with Gasteiger partial charge in [-0.2, -0.15) is 0 Å². The molecule has 0 aliphatic rings. The van der Waals surface area contributed by atoms with E-state index < -0.39 is 11.7 Å². The van der Waals surface area contributed by atoms with E-state index in [1.54, 1.807) is 37.3 Å². The number of nitrogens with one attached hydrogen (secondary N) is 1. The standard InChI is InChI=1S/C18H17FN4O2/c1-3-21-18(24)17-15(20)11-7-4-6-10(16(11)22-23-17)14-12(19)8-5-9-13(14)25-2/h4-9H,3H2,1-2H3,(H2,20,22)(H,21,24). The number of methoxy groups -OCH3 is 1. The summed E-state index contributed by atoms with van der Waals surface area (Å²) in [5.74, 6) is -0.469. The number of aromatic nitrogens is 2. The number of ether oxygens (including phenoxy) is 1. The van der Waals surface area contributed by atoms with Gasteiger partial charge >= 0.3 is 0 Å². The average Bonchev–Trinajstić information content (AvgIpc) is 2.61. The second kappa shape index (κ2) is 6.72. The minimum absolute atomic E-state index is 0.0481. The molecule has 3 rings (SSSR count). The fourth-order valence-corrected chi connectivity index (χ4v) is 2.70. The number of anilines is 1. The molecule has 3 aromatic rings. The van der Waals surface area contributed by atoms with Crippen molar-refractivity contribution in [3.05, 3.63) is 47.9 Å². The van der Waals surface area contributed by atoms with E-state index in [9.17, 15) is 9.18 Å². The molecule has 6 nitrogen and oxygen atoms in total. The topological polar surface area (TPSA) is 90.1 Å². The minimum Gasteiger partial charge on any atom is -0.496 e. The van der Waals surface area contributed by atoms with Gasteiger partial charge in [-0.15, -0.1) is 10.2 Å². The van der Waals surface area contributed by atoms with Gasteiger partial charge in [0.05, 0.1) is 18.4 Å². The van der Waals surface area contributed by atoms with Gasteiger partial charge in [0.2, 0.25) is 0 Å². The van der Waals surface area contributed by atoms with Crippen LogP contribution in [0.2, 0.25) is 0 Å². The zero-order valence-electron chi connectivity index (χ0n) is 13.8. The third kappa shape index (κ3) is 2.84. The molecular weight excluding hydrogens is 323 g/mol. The molecule has 25 heavy (non-hydrogen) atoms. The number of amides is 1. The number of hydrogen-bond acceptors (Lipinski definition) is 5. The molecule has 7 heteroatoms. The van der Waals surface area contributed by atoms with Gasteiger partial charge in [-0.05, 0) is 19.1 Å². The van der Waals surface area contributed by atoms with E-state index in [0.29, 0.717) is 28.8 Å². The predicted molar refractivity (Wildman–Crippen MR) is 93.9 cm³/mol. The van der Waals surface area contributed by atoms with E-state index in [4.69, 9.17) is 10.5 Å². The number of nitrogen functional groups attached to an aromatic ring is 1. The Morgan fingerprint density at radius 2 is 2.00 bits per heavy atom. The first-order chi connectivity index (χ1) is 12.1. The number of carbonyl (C=O) groups excluding carboxylic acids is 1. The monoisotopic (exact) mass is 340 g/mol. The molecule has 0 aliphatic carbocycles. The molecule has 3 N–H and O–H groups in total. The van der Waals surface area contributed by atoms with E-state index in [-0.39, 0.29) is 16.9 Å². The molecule has 0 saturated carbocycles. The highest BCUT2D eigenvalue weighted by Gasteiger charge is 2.19. The van der Waals surface area contributed by atoms with Crippen LogP contribution in [0, 0.1) is 5.82 Å². The van der Waals surface area contributed by atoms with Gasteiger partial charge in [-0.25, -0.2) is 4.39 Å². The summed E-state index contributed by atoms with van der Waals surface area (Å²) in [6.07, 6.45) is 0. The number of carbonyl (C=O) groups is 1. The van der Waals surface area contributed by atoms with Crippen molar-refractivity contribution in [3.63, 3.8) is 0 Å². The third-order valence-electron chi connectivity index (χ3n) is 3.85. The van der Waals surface area contributed by atoms with Crippen LogP contribution in [0.1, 0.15) is 17.4 Å². The predicted octanol–water partition coefficient (Wildman–Crippen LogP) is 2.78. The SMILES string of the molecule is CCNC(=O)c1nnc2c(-c3c(F)cccc3OC)cccc2c1N. The first-order valence-electron chi connectivity index (χ1n) is 7.74. The van der Waals surface area contributed by atoms with E-state index in [1.807, 2.05) is 0 Å². The molecule has 0 saturated heterocycles. The first kappa shape index (κ1) is 16.6. The number of halogens is 1. The van der Waals surface area contributed by atoms with Crippen LogP contribution in [0.5, 0.6) is 5.75 Å². The normalized spacial score (nSPS) is 10.7. The number of nitrogens with zero attached hydrogens (tertiary/aromatic N) is 2. The average molecular weight is 340 g/mol. The summed E-state index contributed by atoms with van der Waals surface area (Å²) in [6.45, 7) is 2.25. The summed E-state index contributed by atoms with van der Waals surface area (Å²) in [5, 5.41) is 11.2. The van der Waals surface area contributed by atoms with E-state index in [1.165, 1.54) is 13.2 Å². The highest BCUT2D eigenvalue weighted by Crippen LogP contribution is 2.37. The van der Waals surface area contributed by atoms with Crippen LogP contribution < -0.4 is 15.8 Å². The highest BCUT2D eigenvalue weighted by molar-refractivity contribution is 6.07. The van der Waals surface area contributed by atoms with Crippen LogP contribution in [0.4, 0.5) is 10.1 Å². The Labute approximate surface area is 143 Å². The molecule has 0 aliphatic heterocycles. The lowest BCUT2D eigenvalue weighted by Gasteiger charge is -2.13. The van der Waals surface area contributed by atoms with Gasteiger partial charge in [0.15, 0.2) is 5.69 Å². The van der Waals surface area contributed by atoms with Crippen LogP contribution in [-0.2, 0) is 0 Å². The van der Waals surface area contributed by atoms with E-state index in [2.05, 4.69) is 15.5 Å². The number of nitrogens with two attached hydrogens (primary N) is 1.